The van der Waals surface area contributed by atoms with Crippen LogP contribution in [0, 0.1) is 0 Å². The van der Waals surface area contributed by atoms with Crippen molar-refractivity contribution >= 4 is 17.7 Å². The molecule has 0 spiro atoms. The van der Waals surface area contributed by atoms with Gasteiger partial charge in [0, 0.05) is 17.8 Å². The highest BCUT2D eigenvalue weighted by Crippen LogP contribution is 2.17. The van der Waals surface area contributed by atoms with Gasteiger partial charge in [-0.15, -0.1) is 0 Å². The molecule has 2 aromatic rings. The fourth-order valence-electron chi connectivity index (χ4n) is 1.95. The first-order chi connectivity index (χ1) is 11.2. The van der Waals surface area contributed by atoms with Gasteiger partial charge in [0.1, 0.15) is 11.5 Å². The summed E-state index contributed by atoms with van der Waals surface area (Å²) in [5.74, 6) is 1.35. The number of ether oxygens (including phenoxy) is 2. The Kier molecular flexibility index (Phi) is 6.24. The van der Waals surface area contributed by atoms with E-state index in [1.54, 1.807) is 19.3 Å². The van der Waals surface area contributed by atoms with Crippen LogP contribution in [0.4, 0.5) is 5.69 Å². The van der Waals surface area contributed by atoms with E-state index in [9.17, 15) is 4.79 Å². The van der Waals surface area contributed by atoms with Gasteiger partial charge < -0.3 is 14.8 Å². The summed E-state index contributed by atoms with van der Waals surface area (Å²) in [6.07, 6.45) is 4.24. The summed E-state index contributed by atoms with van der Waals surface area (Å²) < 4.78 is 10.6. The summed E-state index contributed by atoms with van der Waals surface area (Å²) in [5, 5.41) is 2.80. The molecule has 0 atom stereocenters. The van der Waals surface area contributed by atoms with E-state index in [1.165, 1.54) is 6.08 Å². The number of anilines is 1. The van der Waals surface area contributed by atoms with Crippen LogP contribution in [-0.4, -0.2) is 19.6 Å². The molecule has 4 nitrogen and oxygen atoms in total. The second-order valence-electron chi connectivity index (χ2n) is 4.97. The van der Waals surface area contributed by atoms with E-state index < -0.39 is 0 Å². The Balaban J connectivity index is 1.92. The number of carbonyl (C=O) groups is 1. The van der Waals surface area contributed by atoms with Crippen molar-refractivity contribution < 1.29 is 14.3 Å². The number of benzene rings is 2. The second kappa shape index (κ2) is 8.63. The maximum Gasteiger partial charge on any atom is 0.248 e. The van der Waals surface area contributed by atoms with Crippen LogP contribution in [-0.2, 0) is 4.79 Å². The molecule has 0 radical (unpaired) electrons. The molecule has 0 aliphatic heterocycles. The van der Waals surface area contributed by atoms with Crippen LogP contribution in [0.15, 0.2) is 54.6 Å². The summed E-state index contributed by atoms with van der Waals surface area (Å²) in [6.45, 7) is 2.77. The maximum absolute atomic E-state index is 11.9. The Morgan fingerprint density at radius 1 is 1.13 bits per heavy atom. The van der Waals surface area contributed by atoms with Crippen LogP contribution in [0.25, 0.3) is 6.08 Å². The van der Waals surface area contributed by atoms with Gasteiger partial charge >= 0.3 is 0 Å². The molecule has 2 rings (SSSR count). The van der Waals surface area contributed by atoms with E-state index in [-0.39, 0.29) is 5.91 Å². The smallest absolute Gasteiger partial charge is 0.248 e. The number of nitrogens with one attached hydrogen (secondary N) is 1. The summed E-state index contributed by atoms with van der Waals surface area (Å²) in [6, 6.07) is 14.9. The lowest BCUT2D eigenvalue weighted by Crippen LogP contribution is -2.07. The largest absolute Gasteiger partial charge is 0.497 e. The molecule has 4 heteroatoms. The van der Waals surface area contributed by atoms with Crippen LogP contribution in [0.5, 0.6) is 11.5 Å². The highest BCUT2D eigenvalue weighted by molar-refractivity contribution is 6.02. The average molecular weight is 311 g/mol. The van der Waals surface area contributed by atoms with Gasteiger partial charge in [0.15, 0.2) is 0 Å². The van der Waals surface area contributed by atoms with Gasteiger partial charge in [-0.2, -0.15) is 0 Å². The molecular weight excluding hydrogens is 290 g/mol. The minimum Gasteiger partial charge on any atom is -0.497 e. The number of rotatable bonds is 7. The van der Waals surface area contributed by atoms with Gasteiger partial charge in [0.25, 0.3) is 0 Å². The van der Waals surface area contributed by atoms with Crippen molar-refractivity contribution in [3.05, 3.63) is 60.2 Å². The van der Waals surface area contributed by atoms with Crippen molar-refractivity contribution in [2.75, 3.05) is 19.0 Å². The molecule has 0 fully saturated rings. The number of methoxy groups -OCH3 is 1. The fourth-order valence-corrected chi connectivity index (χ4v) is 1.95. The first-order valence-electron chi connectivity index (χ1n) is 7.57. The third-order valence-electron chi connectivity index (χ3n) is 3.12. The standard InChI is InChI=1S/C19H21NO3/c1-3-13-23-17-10-7-15(8-11-17)9-12-19(21)20-16-5-4-6-18(14-16)22-2/h4-12,14H,3,13H2,1-2H3,(H,20,21)/b12-9+. The molecule has 120 valence electrons. The Hall–Kier alpha value is -2.75. The van der Waals surface area contributed by atoms with E-state index in [2.05, 4.69) is 12.2 Å². The van der Waals surface area contributed by atoms with Crippen LogP contribution < -0.4 is 14.8 Å². The predicted octanol–water partition coefficient (Wildman–Crippen LogP) is 4.14. The van der Waals surface area contributed by atoms with E-state index in [4.69, 9.17) is 9.47 Å². The lowest BCUT2D eigenvalue weighted by atomic mass is 10.2. The molecule has 0 aliphatic carbocycles. The molecule has 23 heavy (non-hydrogen) atoms. The predicted molar refractivity (Wildman–Crippen MR) is 92.9 cm³/mol. The first-order valence-corrected chi connectivity index (χ1v) is 7.57. The number of carbonyl (C=O) groups excluding carboxylic acids is 1. The van der Waals surface area contributed by atoms with Crippen molar-refractivity contribution in [1.82, 2.24) is 0 Å². The highest BCUT2D eigenvalue weighted by Gasteiger charge is 2.00. The Morgan fingerprint density at radius 3 is 2.61 bits per heavy atom. The molecule has 0 aromatic heterocycles. The van der Waals surface area contributed by atoms with E-state index >= 15 is 0 Å². The Labute approximate surface area is 136 Å². The molecule has 0 aliphatic rings. The van der Waals surface area contributed by atoms with Gasteiger partial charge in [0.05, 0.1) is 13.7 Å². The number of hydrogen-bond donors (Lipinski definition) is 1. The lowest BCUT2D eigenvalue weighted by molar-refractivity contribution is -0.111. The molecule has 0 saturated carbocycles. The van der Waals surface area contributed by atoms with Crippen molar-refractivity contribution in [1.29, 1.82) is 0 Å². The minimum atomic E-state index is -0.190. The minimum absolute atomic E-state index is 0.190. The molecule has 0 bridgehead atoms. The zero-order valence-electron chi connectivity index (χ0n) is 13.4. The number of hydrogen-bond acceptors (Lipinski definition) is 3. The van der Waals surface area contributed by atoms with Crippen molar-refractivity contribution in [3.63, 3.8) is 0 Å². The van der Waals surface area contributed by atoms with Gasteiger partial charge in [0.2, 0.25) is 5.91 Å². The highest BCUT2D eigenvalue weighted by atomic mass is 16.5. The molecule has 0 saturated heterocycles. The van der Waals surface area contributed by atoms with Gasteiger partial charge in [-0.25, -0.2) is 0 Å². The third-order valence-corrected chi connectivity index (χ3v) is 3.12. The van der Waals surface area contributed by atoms with Crippen molar-refractivity contribution in [2.24, 2.45) is 0 Å². The molecular formula is C19H21NO3. The fraction of sp³-hybridized carbons (Fsp3) is 0.211. The average Bonchev–Trinajstić information content (AvgIpc) is 2.59. The summed E-state index contributed by atoms with van der Waals surface area (Å²) >= 11 is 0. The van der Waals surface area contributed by atoms with E-state index in [1.807, 2.05) is 42.5 Å². The molecule has 0 heterocycles. The molecule has 0 unspecified atom stereocenters. The normalized spacial score (nSPS) is 10.5. The summed E-state index contributed by atoms with van der Waals surface area (Å²) in [7, 11) is 1.59. The monoisotopic (exact) mass is 311 g/mol. The molecule has 1 N–H and O–H groups in total. The zero-order chi connectivity index (χ0) is 16.5. The zero-order valence-corrected chi connectivity index (χ0v) is 13.4. The summed E-state index contributed by atoms with van der Waals surface area (Å²) in [5.41, 5.74) is 1.64. The van der Waals surface area contributed by atoms with Crippen molar-refractivity contribution in [3.8, 4) is 11.5 Å². The van der Waals surface area contributed by atoms with Crippen LogP contribution in [0.2, 0.25) is 0 Å². The second-order valence-corrected chi connectivity index (χ2v) is 4.97. The lowest BCUT2D eigenvalue weighted by Gasteiger charge is -2.05. The van der Waals surface area contributed by atoms with E-state index in [0.29, 0.717) is 18.0 Å². The summed E-state index contributed by atoms with van der Waals surface area (Å²) in [4.78, 5) is 11.9. The maximum atomic E-state index is 11.9. The first kappa shape index (κ1) is 16.6. The quantitative estimate of drug-likeness (QED) is 0.782. The SMILES string of the molecule is CCCOc1ccc(/C=C/C(=O)Nc2cccc(OC)c2)cc1. The van der Waals surface area contributed by atoms with Crippen LogP contribution in [0.1, 0.15) is 18.9 Å². The molecule has 1 amide bonds. The van der Waals surface area contributed by atoms with Crippen molar-refractivity contribution in [2.45, 2.75) is 13.3 Å². The van der Waals surface area contributed by atoms with Crippen LogP contribution in [0.3, 0.4) is 0 Å². The third kappa shape index (κ3) is 5.51. The molecule has 2 aromatic carbocycles. The van der Waals surface area contributed by atoms with Gasteiger partial charge in [-0.3, -0.25) is 4.79 Å². The van der Waals surface area contributed by atoms with Gasteiger partial charge in [-0.1, -0.05) is 25.1 Å². The van der Waals surface area contributed by atoms with Gasteiger partial charge in [-0.05, 0) is 42.3 Å². The Morgan fingerprint density at radius 2 is 1.91 bits per heavy atom. The van der Waals surface area contributed by atoms with E-state index in [0.717, 1.165) is 17.7 Å². The Bertz CT molecular complexity index is 663. The van der Waals surface area contributed by atoms with Crippen LogP contribution >= 0.6 is 0 Å². The number of amides is 1. The topological polar surface area (TPSA) is 47.6 Å².